The SMILES string of the molecule is CN(C[SH](=O)=O)c1[c]cccc1. The van der Waals surface area contributed by atoms with Gasteiger partial charge in [0.1, 0.15) is 5.88 Å². The maximum atomic E-state index is 10.4. The van der Waals surface area contributed by atoms with Crippen LogP contribution in [0.5, 0.6) is 0 Å². The Morgan fingerprint density at radius 2 is 2.25 bits per heavy atom. The first-order valence-corrected chi connectivity index (χ1v) is 4.86. The third-order valence-electron chi connectivity index (χ3n) is 1.43. The van der Waals surface area contributed by atoms with Crippen LogP contribution in [0, 0.1) is 6.07 Å². The summed E-state index contributed by atoms with van der Waals surface area (Å²) in [6.07, 6.45) is 0. The molecule has 0 aliphatic carbocycles. The molecule has 3 nitrogen and oxygen atoms in total. The molecule has 0 aliphatic heterocycles. The minimum absolute atomic E-state index is 0.0375. The van der Waals surface area contributed by atoms with Gasteiger partial charge < -0.3 is 4.90 Å². The number of anilines is 1. The van der Waals surface area contributed by atoms with Crippen molar-refractivity contribution >= 4 is 16.4 Å². The van der Waals surface area contributed by atoms with Crippen molar-refractivity contribution in [3.63, 3.8) is 0 Å². The van der Waals surface area contributed by atoms with Gasteiger partial charge in [-0.15, -0.1) is 0 Å². The van der Waals surface area contributed by atoms with Crippen LogP contribution in [0.3, 0.4) is 0 Å². The van der Waals surface area contributed by atoms with Crippen LogP contribution in [0.4, 0.5) is 5.69 Å². The third kappa shape index (κ3) is 2.54. The predicted octanol–water partition coefficient (Wildman–Crippen LogP) is 0.492. The van der Waals surface area contributed by atoms with E-state index < -0.39 is 10.7 Å². The van der Waals surface area contributed by atoms with Crippen molar-refractivity contribution in [1.29, 1.82) is 0 Å². The molecule has 0 heterocycles. The second-order valence-electron chi connectivity index (χ2n) is 2.42. The van der Waals surface area contributed by atoms with E-state index in [-0.39, 0.29) is 5.88 Å². The molecule has 1 aromatic rings. The highest BCUT2D eigenvalue weighted by Crippen LogP contribution is 2.08. The Bertz CT molecular complexity index is 300. The molecule has 0 aliphatic rings. The molecule has 0 fully saturated rings. The monoisotopic (exact) mass is 184 g/mol. The van der Waals surface area contributed by atoms with E-state index in [4.69, 9.17) is 0 Å². The minimum Gasteiger partial charge on any atom is -0.360 e. The quantitative estimate of drug-likeness (QED) is 0.695. The van der Waals surface area contributed by atoms with Crippen LogP contribution in [0.15, 0.2) is 24.3 Å². The lowest BCUT2D eigenvalue weighted by atomic mass is 10.3. The Morgan fingerprint density at radius 1 is 1.50 bits per heavy atom. The van der Waals surface area contributed by atoms with E-state index >= 15 is 0 Å². The standard InChI is InChI=1S/C8H10NO2S/c1-9(7-12(10)11)8-5-3-2-4-6-8/h2-5,12H,7H2,1H3. The molecule has 0 aromatic heterocycles. The van der Waals surface area contributed by atoms with Gasteiger partial charge in [0.2, 0.25) is 0 Å². The average Bonchev–Trinajstić information content (AvgIpc) is 2.05. The highest BCUT2D eigenvalue weighted by atomic mass is 32.2. The zero-order valence-corrected chi connectivity index (χ0v) is 7.62. The molecule has 0 saturated heterocycles. The molecule has 0 bridgehead atoms. The molecule has 0 saturated carbocycles. The Morgan fingerprint density at radius 3 is 2.75 bits per heavy atom. The van der Waals surface area contributed by atoms with Crippen molar-refractivity contribution in [2.75, 3.05) is 17.8 Å². The summed E-state index contributed by atoms with van der Waals surface area (Å²) in [7, 11) is -0.638. The number of thiol groups is 1. The maximum Gasteiger partial charge on any atom is 0.158 e. The molecule has 0 unspecified atom stereocenters. The number of rotatable bonds is 3. The van der Waals surface area contributed by atoms with E-state index in [1.807, 2.05) is 18.2 Å². The van der Waals surface area contributed by atoms with Gasteiger partial charge in [0.15, 0.2) is 10.7 Å². The second-order valence-corrected chi connectivity index (χ2v) is 3.37. The van der Waals surface area contributed by atoms with Crippen LogP contribution >= 0.6 is 0 Å². The van der Waals surface area contributed by atoms with Crippen molar-refractivity contribution in [3.05, 3.63) is 30.3 Å². The first kappa shape index (κ1) is 9.06. The van der Waals surface area contributed by atoms with Crippen molar-refractivity contribution < 1.29 is 8.42 Å². The Kier molecular flexibility index (Phi) is 3.10. The predicted molar refractivity (Wildman–Crippen MR) is 48.9 cm³/mol. The van der Waals surface area contributed by atoms with Gasteiger partial charge in [-0.25, -0.2) is 8.42 Å². The van der Waals surface area contributed by atoms with Crippen molar-refractivity contribution in [2.45, 2.75) is 0 Å². The molecule has 0 amide bonds. The van der Waals surface area contributed by atoms with E-state index in [9.17, 15) is 8.42 Å². The zero-order chi connectivity index (χ0) is 8.97. The van der Waals surface area contributed by atoms with Gasteiger partial charge in [-0.3, -0.25) is 0 Å². The van der Waals surface area contributed by atoms with Crippen LogP contribution in [-0.4, -0.2) is 21.3 Å². The molecule has 0 spiro atoms. The van der Waals surface area contributed by atoms with Gasteiger partial charge in [0.05, 0.1) is 0 Å². The molecule has 0 N–H and O–H groups in total. The molecule has 65 valence electrons. The summed E-state index contributed by atoms with van der Waals surface area (Å²) < 4.78 is 20.7. The Balaban J connectivity index is 2.71. The molecular weight excluding hydrogens is 174 g/mol. The van der Waals surface area contributed by atoms with Gasteiger partial charge >= 0.3 is 0 Å². The number of benzene rings is 1. The van der Waals surface area contributed by atoms with E-state index in [0.717, 1.165) is 5.69 Å². The van der Waals surface area contributed by atoms with E-state index in [0.29, 0.717) is 0 Å². The van der Waals surface area contributed by atoms with Crippen LogP contribution in [0.2, 0.25) is 0 Å². The van der Waals surface area contributed by atoms with Gasteiger partial charge in [-0.05, 0) is 6.07 Å². The molecule has 1 rings (SSSR count). The molecular formula is C8H10NO2S. The second kappa shape index (κ2) is 4.11. The summed E-state index contributed by atoms with van der Waals surface area (Å²) >= 11 is 0. The fourth-order valence-corrected chi connectivity index (χ4v) is 1.37. The minimum atomic E-state index is -2.36. The molecule has 4 heteroatoms. The summed E-state index contributed by atoms with van der Waals surface area (Å²) in [6.45, 7) is 0. The topological polar surface area (TPSA) is 37.4 Å². The number of hydrogen-bond donors (Lipinski definition) is 1. The largest absolute Gasteiger partial charge is 0.360 e. The van der Waals surface area contributed by atoms with Crippen LogP contribution in [0.1, 0.15) is 0 Å². The lowest BCUT2D eigenvalue weighted by Gasteiger charge is -2.14. The van der Waals surface area contributed by atoms with Crippen LogP contribution in [-0.2, 0) is 10.7 Å². The molecule has 1 aromatic carbocycles. The summed E-state index contributed by atoms with van der Waals surface area (Å²) in [5.41, 5.74) is 0.789. The highest BCUT2D eigenvalue weighted by molar-refractivity contribution is 7.72. The third-order valence-corrected chi connectivity index (χ3v) is 2.09. The lowest BCUT2D eigenvalue weighted by Crippen LogP contribution is -2.19. The van der Waals surface area contributed by atoms with Gasteiger partial charge in [-0.2, -0.15) is 0 Å². The van der Waals surface area contributed by atoms with Crippen LogP contribution < -0.4 is 4.90 Å². The van der Waals surface area contributed by atoms with E-state index in [1.165, 1.54) is 0 Å². The molecule has 12 heavy (non-hydrogen) atoms. The van der Waals surface area contributed by atoms with E-state index in [1.54, 1.807) is 18.0 Å². The summed E-state index contributed by atoms with van der Waals surface area (Å²) in [5.74, 6) is 0.0375. The highest BCUT2D eigenvalue weighted by Gasteiger charge is 1.99. The first-order chi connectivity index (χ1) is 5.70. The molecule has 0 atom stereocenters. The lowest BCUT2D eigenvalue weighted by molar-refractivity contribution is 0.613. The average molecular weight is 184 g/mol. The zero-order valence-electron chi connectivity index (χ0n) is 6.73. The van der Waals surface area contributed by atoms with Crippen LogP contribution in [0.25, 0.3) is 0 Å². The van der Waals surface area contributed by atoms with Gasteiger partial charge in [0, 0.05) is 18.8 Å². The Hall–Kier alpha value is -1.03. The van der Waals surface area contributed by atoms with Crippen molar-refractivity contribution in [3.8, 4) is 0 Å². The Labute approximate surface area is 73.6 Å². The summed E-state index contributed by atoms with van der Waals surface area (Å²) in [6, 6.07) is 10.2. The fraction of sp³-hybridized carbons (Fsp3) is 0.250. The fourth-order valence-electron chi connectivity index (χ4n) is 0.871. The summed E-state index contributed by atoms with van der Waals surface area (Å²) in [5, 5.41) is 0. The maximum absolute atomic E-state index is 10.4. The number of hydrogen-bond acceptors (Lipinski definition) is 3. The van der Waals surface area contributed by atoms with Gasteiger partial charge in [0.25, 0.3) is 0 Å². The van der Waals surface area contributed by atoms with Crippen molar-refractivity contribution in [2.24, 2.45) is 0 Å². The summed E-state index contributed by atoms with van der Waals surface area (Å²) in [4.78, 5) is 1.63. The number of nitrogens with zero attached hydrogens (tertiary/aromatic N) is 1. The van der Waals surface area contributed by atoms with Gasteiger partial charge in [-0.1, -0.05) is 18.2 Å². The smallest absolute Gasteiger partial charge is 0.158 e. The first-order valence-electron chi connectivity index (χ1n) is 3.50. The van der Waals surface area contributed by atoms with Crippen molar-refractivity contribution in [1.82, 2.24) is 0 Å². The molecule has 1 radical (unpaired) electrons. The van der Waals surface area contributed by atoms with E-state index in [2.05, 4.69) is 6.07 Å². The normalized spacial score (nSPS) is 10.2. The number of para-hydroxylation sites is 1.